The average Bonchev–Trinajstić information content (AvgIpc) is 2.24. The van der Waals surface area contributed by atoms with Crippen LogP contribution in [0.1, 0.15) is 58.8 Å². The van der Waals surface area contributed by atoms with Crippen molar-refractivity contribution >= 4 is 15.8 Å². The van der Waals surface area contributed by atoms with E-state index in [2.05, 4.69) is 0 Å². The van der Waals surface area contributed by atoms with Crippen LogP contribution in [0.3, 0.4) is 0 Å². The van der Waals surface area contributed by atoms with Crippen LogP contribution >= 0.6 is 0 Å². The molecule has 0 aliphatic carbocycles. The van der Waals surface area contributed by atoms with Gasteiger partial charge in [0.2, 0.25) is 0 Å². The molecule has 0 rings (SSSR count). The van der Waals surface area contributed by atoms with Crippen LogP contribution in [0.5, 0.6) is 0 Å². The van der Waals surface area contributed by atoms with E-state index in [1.807, 2.05) is 13.8 Å². The lowest BCUT2D eigenvalue weighted by atomic mass is 10.2. The molecule has 102 valence electrons. The molecule has 0 amide bonds. The largest absolute Gasteiger partial charge is 0.481 e. The molecular weight excluding hydrogens is 240 g/mol. The molecule has 0 bridgehead atoms. The highest BCUT2D eigenvalue weighted by Gasteiger charge is 2.23. The third-order valence-electron chi connectivity index (χ3n) is 2.80. The molecule has 0 aromatic heterocycles. The van der Waals surface area contributed by atoms with E-state index in [-0.39, 0.29) is 17.4 Å². The van der Waals surface area contributed by atoms with Crippen molar-refractivity contribution in [2.75, 3.05) is 5.75 Å². The summed E-state index contributed by atoms with van der Waals surface area (Å²) in [6.07, 6.45) is 4.14. The zero-order valence-electron chi connectivity index (χ0n) is 10.8. The summed E-state index contributed by atoms with van der Waals surface area (Å²) in [6.45, 7) is 3.98. The van der Waals surface area contributed by atoms with Crippen molar-refractivity contribution in [1.82, 2.24) is 0 Å². The summed E-state index contributed by atoms with van der Waals surface area (Å²) in [7, 11) is -3.04. The molecule has 0 aromatic carbocycles. The first-order valence-electron chi connectivity index (χ1n) is 6.37. The fourth-order valence-electron chi connectivity index (χ4n) is 1.89. The Bertz CT molecular complexity index is 302. The highest BCUT2D eigenvalue weighted by Crippen LogP contribution is 2.17. The lowest BCUT2D eigenvalue weighted by molar-refractivity contribution is -0.137. The van der Waals surface area contributed by atoms with Crippen LogP contribution in [0.2, 0.25) is 0 Å². The molecule has 0 unspecified atom stereocenters. The zero-order chi connectivity index (χ0) is 13.3. The third kappa shape index (κ3) is 7.36. The summed E-state index contributed by atoms with van der Waals surface area (Å²) in [5.74, 6) is -0.730. The van der Waals surface area contributed by atoms with Gasteiger partial charge in [-0.2, -0.15) is 0 Å². The first kappa shape index (κ1) is 16.4. The molecule has 0 saturated carbocycles. The minimum atomic E-state index is -3.04. The summed E-state index contributed by atoms with van der Waals surface area (Å²) in [5.41, 5.74) is 0. The van der Waals surface area contributed by atoms with Crippen molar-refractivity contribution in [3.05, 3.63) is 0 Å². The maximum absolute atomic E-state index is 12.0. The Morgan fingerprint density at radius 1 is 1.12 bits per heavy atom. The van der Waals surface area contributed by atoms with Gasteiger partial charge >= 0.3 is 5.97 Å². The van der Waals surface area contributed by atoms with E-state index in [9.17, 15) is 13.2 Å². The molecule has 1 N–H and O–H groups in total. The minimum absolute atomic E-state index is 0.0573. The lowest BCUT2D eigenvalue weighted by Crippen LogP contribution is -2.24. The van der Waals surface area contributed by atoms with Crippen LogP contribution in [-0.2, 0) is 14.6 Å². The average molecular weight is 264 g/mol. The van der Waals surface area contributed by atoms with Gasteiger partial charge in [-0.3, -0.25) is 4.79 Å². The number of carbonyl (C=O) groups is 1. The standard InChI is InChI=1S/C12H24O4S/c1-3-7-11(8-4-2)17(15,16)10-6-5-9-12(13)14/h11H,3-10H2,1-2H3,(H,13,14). The molecule has 4 nitrogen and oxygen atoms in total. The highest BCUT2D eigenvalue weighted by atomic mass is 32.2. The Balaban J connectivity index is 4.17. The minimum Gasteiger partial charge on any atom is -0.481 e. The number of hydrogen-bond donors (Lipinski definition) is 1. The molecular formula is C12H24O4S. The van der Waals surface area contributed by atoms with E-state index in [0.717, 1.165) is 25.7 Å². The zero-order valence-corrected chi connectivity index (χ0v) is 11.6. The first-order chi connectivity index (χ1) is 7.94. The number of unbranched alkanes of at least 4 members (excludes halogenated alkanes) is 1. The predicted octanol–water partition coefficient (Wildman–Crippen LogP) is 2.62. The SMILES string of the molecule is CCCC(CCC)S(=O)(=O)CCCCC(=O)O. The molecule has 0 aliphatic rings. The van der Waals surface area contributed by atoms with Gasteiger partial charge in [0.1, 0.15) is 0 Å². The van der Waals surface area contributed by atoms with Crippen LogP contribution < -0.4 is 0 Å². The normalized spacial score (nSPS) is 11.9. The van der Waals surface area contributed by atoms with Gasteiger partial charge in [0, 0.05) is 6.42 Å². The Labute approximate surface area is 104 Å². The number of carboxylic acids is 1. The fraction of sp³-hybridized carbons (Fsp3) is 0.917. The second kappa shape index (κ2) is 8.50. The molecule has 0 fully saturated rings. The van der Waals surface area contributed by atoms with Crippen molar-refractivity contribution in [3.8, 4) is 0 Å². The number of hydrogen-bond acceptors (Lipinski definition) is 3. The van der Waals surface area contributed by atoms with Crippen molar-refractivity contribution in [1.29, 1.82) is 0 Å². The predicted molar refractivity (Wildman–Crippen MR) is 68.9 cm³/mol. The molecule has 0 radical (unpaired) electrons. The smallest absolute Gasteiger partial charge is 0.303 e. The number of rotatable bonds is 10. The Morgan fingerprint density at radius 2 is 1.65 bits per heavy atom. The van der Waals surface area contributed by atoms with Crippen molar-refractivity contribution in [3.63, 3.8) is 0 Å². The second-order valence-corrected chi connectivity index (χ2v) is 6.82. The van der Waals surface area contributed by atoms with E-state index in [1.165, 1.54) is 0 Å². The van der Waals surface area contributed by atoms with Crippen LogP contribution in [0.25, 0.3) is 0 Å². The highest BCUT2D eigenvalue weighted by molar-refractivity contribution is 7.92. The van der Waals surface area contributed by atoms with E-state index >= 15 is 0 Å². The summed E-state index contributed by atoms with van der Waals surface area (Å²) >= 11 is 0. The van der Waals surface area contributed by atoms with Crippen LogP contribution in [0, 0.1) is 0 Å². The molecule has 0 saturated heterocycles. The van der Waals surface area contributed by atoms with E-state index < -0.39 is 15.8 Å². The van der Waals surface area contributed by atoms with E-state index in [0.29, 0.717) is 12.8 Å². The van der Waals surface area contributed by atoms with Crippen molar-refractivity contribution < 1.29 is 18.3 Å². The molecule has 0 aliphatic heterocycles. The molecule has 0 aromatic rings. The molecule has 0 atom stereocenters. The van der Waals surface area contributed by atoms with Gasteiger partial charge in [0.05, 0.1) is 11.0 Å². The van der Waals surface area contributed by atoms with Gasteiger partial charge in [0.25, 0.3) is 0 Å². The third-order valence-corrected chi connectivity index (χ3v) is 5.14. The maximum atomic E-state index is 12.0. The van der Waals surface area contributed by atoms with Gasteiger partial charge in [0.15, 0.2) is 9.84 Å². The van der Waals surface area contributed by atoms with Crippen molar-refractivity contribution in [2.24, 2.45) is 0 Å². The number of sulfone groups is 1. The lowest BCUT2D eigenvalue weighted by Gasteiger charge is -2.15. The second-order valence-electron chi connectivity index (χ2n) is 4.42. The van der Waals surface area contributed by atoms with Gasteiger partial charge < -0.3 is 5.11 Å². The Morgan fingerprint density at radius 3 is 2.06 bits per heavy atom. The molecule has 0 heterocycles. The van der Waals surface area contributed by atoms with Gasteiger partial charge in [-0.05, 0) is 25.7 Å². The topological polar surface area (TPSA) is 71.4 Å². The molecule has 5 heteroatoms. The van der Waals surface area contributed by atoms with Crippen LogP contribution in [-0.4, -0.2) is 30.5 Å². The summed E-state index contributed by atoms with van der Waals surface area (Å²) in [6, 6.07) is 0. The van der Waals surface area contributed by atoms with E-state index in [1.54, 1.807) is 0 Å². The Hall–Kier alpha value is -0.580. The Kier molecular flexibility index (Phi) is 8.21. The van der Waals surface area contributed by atoms with Gasteiger partial charge in [-0.15, -0.1) is 0 Å². The van der Waals surface area contributed by atoms with Gasteiger partial charge in [-0.1, -0.05) is 26.7 Å². The fourth-order valence-corrected chi connectivity index (χ4v) is 4.02. The molecule has 17 heavy (non-hydrogen) atoms. The molecule has 0 spiro atoms. The monoisotopic (exact) mass is 264 g/mol. The maximum Gasteiger partial charge on any atom is 0.303 e. The van der Waals surface area contributed by atoms with Crippen LogP contribution in [0.15, 0.2) is 0 Å². The summed E-state index contributed by atoms with van der Waals surface area (Å²) < 4.78 is 24.0. The first-order valence-corrected chi connectivity index (χ1v) is 8.09. The quantitative estimate of drug-likeness (QED) is 0.616. The summed E-state index contributed by atoms with van der Waals surface area (Å²) in [5, 5.41) is 8.24. The summed E-state index contributed by atoms with van der Waals surface area (Å²) in [4.78, 5) is 10.3. The number of aliphatic carboxylic acids is 1. The van der Waals surface area contributed by atoms with Crippen LogP contribution in [0.4, 0.5) is 0 Å². The van der Waals surface area contributed by atoms with E-state index in [4.69, 9.17) is 5.11 Å². The van der Waals surface area contributed by atoms with Crippen molar-refractivity contribution in [2.45, 2.75) is 64.0 Å². The number of carboxylic acid groups (broad SMARTS) is 1. The van der Waals surface area contributed by atoms with Gasteiger partial charge in [-0.25, -0.2) is 8.42 Å².